The first-order valence-electron chi connectivity index (χ1n) is 7.87. The first-order chi connectivity index (χ1) is 9.79. The smallest absolute Gasteiger partial charge is 0.203 e. The average Bonchev–Trinajstić information content (AvgIpc) is 2.82. The van der Waals surface area contributed by atoms with Crippen molar-refractivity contribution in [2.45, 2.75) is 39.7 Å². The van der Waals surface area contributed by atoms with Gasteiger partial charge in [0.1, 0.15) is 0 Å². The van der Waals surface area contributed by atoms with E-state index >= 15 is 0 Å². The second-order valence-corrected chi connectivity index (χ2v) is 5.49. The number of nitrogens with one attached hydrogen (secondary N) is 1. The van der Waals surface area contributed by atoms with Crippen LogP contribution in [0, 0.1) is 6.92 Å². The van der Waals surface area contributed by atoms with Crippen LogP contribution in [0.3, 0.4) is 0 Å². The minimum absolute atomic E-state index is 0.883. The molecule has 0 aromatic carbocycles. The van der Waals surface area contributed by atoms with E-state index in [1.807, 2.05) is 0 Å². The monoisotopic (exact) mass is 280 g/mol. The van der Waals surface area contributed by atoms with Crippen LogP contribution in [-0.4, -0.2) is 53.8 Å². The van der Waals surface area contributed by atoms with Crippen molar-refractivity contribution < 1.29 is 4.74 Å². The van der Waals surface area contributed by atoms with Crippen LogP contribution in [0.4, 0.5) is 5.95 Å². The Bertz CT molecular complexity index is 385. The summed E-state index contributed by atoms with van der Waals surface area (Å²) in [5.41, 5.74) is 1.09. The molecule has 1 fully saturated rings. The normalized spacial score (nSPS) is 16.5. The third-order valence-electron chi connectivity index (χ3n) is 3.69. The van der Waals surface area contributed by atoms with Gasteiger partial charge in [-0.15, -0.1) is 0 Å². The number of rotatable bonds is 8. The van der Waals surface area contributed by atoms with Crippen LogP contribution in [0.5, 0.6) is 0 Å². The van der Waals surface area contributed by atoms with E-state index in [0.717, 1.165) is 64.0 Å². The predicted molar refractivity (Wildman–Crippen MR) is 82.2 cm³/mol. The maximum atomic E-state index is 5.36. The molecule has 1 aliphatic heterocycles. The van der Waals surface area contributed by atoms with Crippen molar-refractivity contribution in [2.24, 2.45) is 0 Å². The Morgan fingerprint density at radius 3 is 2.80 bits per heavy atom. The molecule has 5 nitrogen and oxygen atoms in total. The predicted octanol–water partition coefficient (Wildman–Crippen LogP) is 2.13. The van der Waals surface area contributed by atoms with Crippen molar-refractivity contribution in [2.75, 3.05) is 44.7 Å². The molecule has 0 bridgehead atoms. The van der Waals surface area contributed by atoms with E-state index in [2.05, 4.69) is 39.8 Å². The maximum absolute atomic E-state index is 5.36. The summed E-state index contributed by atoms with van der Waals surface area (Å²) in [5, 5.41) is 3.48. The van der Waals surface area contributed by atoms with Gasteiger partial charge in [-0.1, -0.05) is 13.3 Å². The Morgan fingerprint density at radius 1 is 1.25 bits per heavy atom. The molecule has 0 atom stereocenters. The van der Waals surface area contributed by atoms with Crippen LogP contribution in [0.25, 0.3) is 0 Å². The maximum Gasteiger partial charge on any atom is 0.203 e. The van der Waals surface area contributed by atoms with E-state index in [9.17, 15) is 0 Å². The molecule has 0 amide bonds. The Kier molecular flexibility index (Phi) is 6.33. The number of imidazole rings is 1. The number of hydrogen-bond acceptors (Lipinski definition) is 4. The van der Waals surface area contributed by atoms with Gasteiger partial charge in [-0.05, 0) is 26.3 Å². The van der Waals surface area contributed by atoms with Crippen LogP contribution in [0.1, 0.15) is 31.9 Å². The van der Waals surface area contributed by atoms with Gasteiger partial charge in [0.15, 0.2) is 0 Å². The topological polar surface area (TPSA) is 42.3 Å². The highest BCUT2D eigenvalue weighted by Crippen LogP contribution is 2.10. The molecule has 2 heterocycles. The minimum atomic E-state index is 0.883. The first-order valence-corrected chi connectivity index (χ1v) is 7.87. The summed E-state index contributed by atoms with van der Waals surface area (Å²) >= 11 is 0. The van der Waals surface area contributed by atoms with Gasteiger partial charge < -0.3 is 14.6 Å². The van der Waals surface area contributed by atoms with E-state index in [0.29, 0.717) is 0 Å². The Labute approximate surface area is 122 Å². The lowest BCUT2D eigenvalue weighted by Gasteiger charge is -2.26. The number of hydrogen-bond donors (Lipinski definition) is 1. The SMILES string of the molecule is CCCCn1cc(C)nc1NCCCN1CCOCC1. The van der Waals surface area contributed by atoms with E-state index in [-0.39, 0.29) is 0 Å². The molecule has 1 aliphatic rings. The quantitative estimate of drug-likeness (QED) is 0.741. The van der Waals surface area contributed by atoms with Gasteiger partial charge in [0.25, 0.3) is 0 Å². The van der Waals surface area contributed by atoms with Crippen molar-refractivity contribution in [3.63, 3.8) is 0 Å². The summed E-state index contributed by atoms with van der Waals surface area (Å²) in [6.07, 6.45) is 5.71. The van der Waals surface area contributed by atoms with Gasteiger partial charge in [0.2, 0.25) is 5.95 Å². The van der Waals surface area contributed by atoms with Gasteiger partial charge in [-0.25, -0.2) is 4.98 Å². The Hall–Kier alpha value is -1.07. The molecule has 0 radical (unpaired) electrons. The summed E-state index contributed by atoms with van der Waals surface area (Å²) in [6.45, 7) is 11.4. The second kappa shape index (κ2) is 8.27. The number of aromatic nitrogens is 2. The van der Waals surface area contributed by atoms with Gasteiger partial charge in [-0.3, -0.25) is 4.90 Å². The minimum Gasteiger partial charge on any atom is -0.379 e. The van der Waals surface area contributed by atoms with E-state index < -0.39 is 0 Å². The summed E-state index contributed by atoms with van der Waals surface area (Å²) in [7, 11) is 0. The first kappa shape index (κ1) is 15.3. The molecule has 1 N–H and O–H groups in total. The highest BCUT2D eigenvalue weighted by Gasteiger charge is 2.09. The van der Waals surface area contributed by atoms with Crippen molar-refractivity contribution in [3.05, 3.63) is 11.9 Å². The number of ether oxygens (including phenoxy) is 1. The lowest BCUT2D eigenvalue weighted by molar-refractivity contribution is 0.0378. The van der Waals surface area contributed by atoms with Crippen LogP contribution < -0.4 is 5.32 Å². The highest BCUT2D eigenvalue weighted by molar-refractivity contribution is 5.28. The zero-order chi connectivity index (χ0) is 14.2. The number of aryl methyl sites for hydroxylation is 2. The number of anilines is 1. The van der Waals surface area contributed by atoms with Crippen molar-refractivity contribution in [1.82, 2.24) is 14.5 Å². The van der Waals surface area contributed by atoms with Crippen LogP contribution in [-0.2, 0) is 11.3 Å². The summed E-state index contributed by atoms with van der Waals surface area (Å²) in [5.74, 6) is 1.03. The van der Waals surface area contributed by atoms with Crippen molar-refractivity contribution in [1.29, 1.82) is 0 Å². The molecule has 114 valence electrons. The van der Waals surface area contributed by atoms with Crippen LogP contribution in [0.2, 0.25) is 0 Å². The molecule has 20 heavy (non-hydrogen) atoms. The fourth-order valence-corrected chi connectivity index (χ4v) is 2.51. The van der Waals surface area contributed by atoms with E-state index in [1.54, 1.807) is 0 Å². The second-order valence-electron chi connectivity index (χ2n) is 5.49. The largest absolute Gasteiger partial charge is 0.379 e. The third-order valence-corrected chi connectivity index (χ3v) is 3.69. The lowest BCUT2D eigenvalue weighted by atomic mass is 10.3. The average molecular weight is 280 g/mol. The van der Waals surface area contributed by atoms with Crippen LogP contribution in [0.15, 0.2) is 6.20 Å². The zero-order valence-electron chi connectivity index (χ0n) is 12.9. The molecule has 5 heteroatoms. The number of morpholine rings is 1. The molecule has 0 aliphatic carbocycles. The fourth-order valence-electron chi connectivity index (χ4n) is 2.51. The lowest BCUT2D eigenvalue weighted by Crippen LogP contribution is -2.37. The summed E-state index contributed by atoms with van der Waals surface area (Å²) < 4.78 is 7.60. The molecular formula is C15H28N4O. The van der Waals surface area contributed by atoms with E-state index in [4.69, 9.17) is 4.74 Å². The molecule has 0 unspecified atom stereocenters. The van der Waals surface area contributed by atoms with Crippen LogP contribution >= 0.6 is 0 Å². The summed E-state index contributed by atoms with van der Waals surface area (Å²) in [6, 6.07) is 0. The molecule has 1 aromatic heterocycles. The zero-order valence-corrected chi connectivity index (χ0v) is 12.9. The van der Waals surface area contributed by atoms with Gasteiger partial charge in [0.05, 0.1) is 18.9 Å². The van der Waals surface area contributed by atoms with Gasteiger partial charge in [-0.2, -0.15) is 0 Å². The van der Waals surface area contributed by atoms with Gasteiger partial charge >= 0.3 is 0 Å². The summed E-state index contributed by atoms with van der Waals surface area (Å²) in [4.78, 5) is 7.04. The van der Waals surface area contributed by atoms with E-state index in [1.165, 1.54) is 12.8 Å². The van der Waals surface area contributed by atoms with Gasteiger partial charge in [0, 0.05) is 32.4 Å². The molecule has 0 saturated carbocycles. The molecule has 2 rings (SSSR count). The van der Waals surface area contributed by atoms with Crippen molar-refractivity contribution >= 4 is 5.95 Å². The molecular weight excluding hydrogens is 252 g/mol. The van der Waals surface area contributed by atoms with Crippen molar-refractivity contribution in [3.8, 4) is 0 Å². The molecule has 1 saturated heterocycles. The fraction of sp³-hybridized carbons (Fsp3) is 0.800. The standard InChI is InChI=1S/C15H28N4O/c1-3-4-8-19-13-14(2)17-15(19)16-6-5-7-18-9-11-20-12-10-18/h13H,3-12H2,1-2H3,(H,16,17). The molecule has 1 aromatic rings. The number of unbranched alkanes of at least 4 members (excludes halogenated alkanes) is 1. The Balaban J connectivity index is 1.70. The third kappa shape index (κ3) is 4.80. The Morgan fingerprint density at radius 2 is 2.05 bits per heavy atom. The highest BCUT2D eigenvalue weighted by atomic mass is 16.5. The molecule has 0 spiro atoms. The number of nitrogens with zero attached hydrogens (tertiary/aromatic N) is 3.